The van der Waals surface area contributed by atoms with E-state index in [1.54, 1.807) is 0 Å². The number of nitrogens with zero attached hydrogens (tertiary/aromatic N) is 5. The molecule has 1 aliphatic heterocycles. The first-order chi connectivity index (χ1) is 11.8. The van der Waals surface area contributed by atoms with Crippen molar-refractivity contribution < 1.29 is 4.74 Å². The number of pyridine rings is 1. The summed E-state index contributed by atoms with van der Waals surface area (Å²) in [6.07, 6.45) is 6.38. The molecule has 1 atom stereocenters. The molecule has 1 fully saturated rings. The van der Waals surface area contributed by atoms with E-state index in [1.807, 2.05) is 12.4 Å². The molecule has 3 heterocycles. The van der Waals surface area contributed by atoms with Crippen LogP contribution in [0.15, 0.2) is 24.5 Å². The van der Waals surface area contributed by atoms with Crippen LogP contribution in [0.4, 0.5) is 0 Å². The quantitative estimate of drug-likeness (QED) is 0.780. The van der Waals surface area contributed by atoms with Gasteiger partial charge in [0, 0.05) is 51.1 Å². The lowest BCUT2D eigenvalue weighted by molar-refractivity contribution is 0.101. The van der Waals surface area contributed by atoms with Gasteiger partial charge in [-0.05, 0) is 43.4 Å². The maximum Gasteiger partial charge on any atom is 0.100 e. The normalized spacial score (nSPS) is 21.0. The van der Waals surface area contributed by atoms with Gasteiger partial charge in [0.2, 0.25) is 0 Å². The van der Waals surface area contributed by atoms with Gasteiger partial charge in [-0.3, -0.25) is 9.88 Å². The van der Waals surface area contributed by atoms with Crippen LogP contribution < -0.4 is 0 Å². The molecule has 0 radical (unpaired) electrons. The molecule has 1 aliphatic carbocycles. The van der Waals surface area contributed by atoms with Crippen LogP contribution in [0.1, 0.15) is 42.6 Å². The molecule has 2 aliphatic rings. The minimum Gasteiger partial charge on any atom is -0.381 e. The summed E-state index contributed by atoms with van der Waals surface area (Å²) in [4.78, 5) is 6.54. The molecule has 0 bridgehead atoms. The standard InChI is InChI=1S/C18H25N5O/c1-2-24-13-16-11-22(9-15-5-7-19-8-6-15)12-17-18(16)23(21-20-17)10-14-3-4-14/h5-8,14,16H,2-4,9-13H2,1H3/t16-/m1/s1. The molecule has 0 unspecified atom stereocenters. The zero-order chi connectivity index (χ0) is 16.4. The first kappa shape index (κ1) is 15.7. The van der Waals surface area contributed by atoms with Gasteiger partial charge in [-0.1, -0.05) is 5.21 Å². The van der Waals surface area contributed by atoms with Crippen LogP contribution in [-0.4, -0.2) is 44.6 Å². The third-order valence-electron chi connectivity index (χ3n) is 4.89. The topological polar surface area (TPSA) is 56.1 Å². The zero-order valence-corrected chi connectivity index (χ0v) is 14.3. The van der Waals surface area contributed by atoms with Crippen molar-refractivity contribution in [3.8, 4) is 0 Å². The van der Waals surface area contributed by atoms with Crippen molar-refractivity contribution in [3.05, 3.63) is 41.5 Å². The predicted octanol–water partition coefficient (Wildman–Crippen LogP) is 2.22. The Morgan fingerprint density at radius 2 is 2.08 bits per heavy atom. The number of ether oxygens (including phenoxy) is 1. The second-order valence-corrected chi connectivity index (χ2v) is 6.93. The zero-order valence-electron chi connectivity index (χ0n) is 14.3. The second kappa shape index (κ2) is 6.99. The first-order valence-electron chi connectivity index (χ1n) is 8.94. The van der Waals surface area contributed by atoms with Crippen LogP contribution in [0.5, 0.6) is 0 Å². The second-order valence-electron chi connectivity index (χ2n) is 6.93. The number of fused-ring (bicyclic) bond motifs is 1. The number of hydrogen-bond acceptors (Lipinski definition) is 5. The van der Waals surface area contributed by atoms with Crippen LogP contribution in [-0.2, 0) is 24.4 Å². The summed E-state index contributed by atoms with van der Waals surface area (Å²) in [6, 6.07) is 4.16. The van der Waals surface area contributed by atoms with E-state index in [2.05, 4.69) is 43.9 Å². The molecule has 2 aromatic heterocycles. The number of aromatic nitrogens is 4. The van der Waals surface area contributed by atoms with E-state index in [1.165, 1.54) is 24.1 Å². The monoisotopic (exact) mass is 327 g/mol. The minimum absolute atomic E-state index is 0.351. The Morgan fingerprint density at radius 3 is 2.83 bits per heavy atom. The van der Waals surface area contributed by atoms with E-state index in [4.69, 9.17) is 4.74 Å². The van der Waals surface area contributed by atoms with Crippen molar-refractivity contribution in [2.45, 2.75) is 45.3 Å². The van der Waals surface area contributed by atoms with Crippen molar-refractivity contribution in [2.75, 3.05) is 19.8 Å². The summed E-state index contributed by atoms with van der Waals surface area (Å²) in [5, 5.41) is 8.94. The van der Waals surface area contributed by atoms with Gasteiger partial charge in [0.05, 0.1) is 12.3 Å². The van der Waals surface area contributed by atoms with Crippen molar-refractivity contribution >= 4 is 0 Å². The fraction of sp³-hybridized carbons (Fsp3) is 0.611. The maximum atomic E-state index is 5.77. The molecule has 128 valence electrons. The van der Waals surface area contributed by atoms with Crippen molar-refractivity contribution in [1.82, 2.24) is 24.9 Å². The van der Waals surface area contributed by atoms with Crippen LogP contribution in [0, 0.1) is 5.92 Å². The summed E-state index contributed by atoms with van der Waals surface area (Å²) in [5.74, 6) is 1.16. The summed E-state index contributed by atoms with van der Waals surface area (Å²) >= 11 is 0. The number of rotatable bonds is 7. The molecule has 0 N–H and O–H groups in total. The van der Waals surface area contributed by atoms with E-state index in [0.29, 0.717) is 5.92 Å². The molecule has 6 nitrogen and oxygen atoms in total. The molecule has 6 heteroatoms. The van der Waals surface area contributed by atoms with Gasteiger partial charge < -0.3 is 4.74 Å². The highest BCUT2D eigenvalue weighted by atomic mass is 16.5. The van der Waals surface area contributed by atoms with Crippen LogP contribution in [0.25, 0.3) is 0 Å². The van der Waals surface area contributed by atoms with E-state index in [-0.39, 0.29) is 0 Å². The Balaban J connectivity index is 1.53. The Hall–Kier alpha value is -1.79. The molecule has 0 amide bonds. The van der Waals surface area contributed by atoms with Crippen LogP contribution in [0.2, 0.25) is 0 Å². The molecule has 2 aromatic rings. The minimum atomic E-state index is 0.351. The molecule has 24 heavy (non-hydrogen) atoms. The Bertz CT molecular complexity index is 667. The smallest absolute Gasteiger partial charge is 0.100 e. The van der Waals surface area contributed by atoms with Gasteiger partial charge in [0.1, 0.15) is 5.69 Å². The van der Waals surface area contributed by atoms with Gasteiger partial charge in [-0.2, -0.15) is 0 Å². The maximum absolute atomic E-state index is 5.77. The van der Waals surface area contributed by atoms with Gasteiger partial charge in [0.15, 0.2) is 0 Å². The molecule has 4 rings (SSSR count). The van der Waals surface area contributed by atoms with Gasteiger partial charge >= 0.3 is 0 Å². The fourth-order valence-electron chi connectivity index (χ4n) is 3.53. The number of hydrogen-bond donors (Lipinski definition) is 0. The highest BCUT2D eigenvalue weighted by molar-refractivity contribution is 5.21. The van der Waals surface area contributed by atoms with E-state index in [0.717, 1.165) is 51.0 Å². The first-order valence-corrected chi connectivity index (χ1v) is 8.94. The van der Waals surface area contributed by atoms with Crippen LogP contribution in [0.3, 0.4) is 0 Å². The van der Waals surface area contributed by atoms with Crippen molar-refractivity contribution in [1.29, 1.82) is 0 Å². The van der Waals surface area contributed by atoms with Crippen molar-refractivity contribution in [3.63, 3.8) is 0 Å². The highest BCUT2D eigenvalue weighted by Gasteiger charge is 2.33. The SMILES string of the molecule is CCOC[C@H]1CN(Cc2ccncc2)Cc2nnn(CC3CC3)c21. The lowest BCUT2D eigenvalue weighted by atomic mass is 9.98. The van der Waals surface area contributed by atoms with Crippen LogP contribution >= 0.6 is 0 Å². The van der Waals surface area contributed by atoms with Gasteiger partial charge in [0.25, 0.3) is 0 Å². The largest absolute Gasteiger partial charge is 0.381 e. The third kappa shape index (κ3) is 3.49. The highest BCUT2D eigenvalue weighted by Crippen LogP contribution is 2.34. The lowest BCUT2D eigenvalue weighted by Crippen LogP contribution is -2.36. The van der Waals surface area contributed by atoms with E-state index in [9.17, 15) is 0 Å². The van der Waals surface area contributed by atoms with Crippen molar-refractivity contribution in [2.24, 2.45) is 5.92 Å². The summed E-state index contributed by atoms with van der Waals surface area (Å²) < 4.78 is 7.92. The summed E-state index contributed by atoms with van der Waals surface area (Å²) in [6.45, 7) is 7.35. The van der Waals surface area contributed by atoms with E-state index >= 15 is 0 Å². The molecule has 0 aromatic carbocycles. The third-order valence-corrected chi connectivity index (χ3v) is 4.89. The Morgan fingerprint density at radius 1 is 1.25 bits per heavy atom. The summed E-state index contributed by atoms with van der Waals surface area (Å²) in [5.41, 5.74) is 3.72. The summed E-state index contributed by atoms with van der Waals surface area (Å²) in [7, 11) is 0. The molecule has 0 saturated heterocycles. The van der Waals surface area contributed by atoms with E-state index < -0.39 is 0 Å². The average molecular weight is 327 g/mol. The molecule has 0 spiro atoms. The molecular weight excluding hydrogens is 302 g/mol. The average Bonchev–Trinajstić information content (AvgIpc) is 3.33. The fourth-order valence-corrected chi connectivity index (χ4v) is 3.53. The molecular formula is C18H25N5O. The van der Waals surface area contributed by atoms with Gasteiger partial charge in [-0.15, -0.1) is 5.10 Å². The van der Waals surface area contributed by atoms with Gasteiger partial charge in [-0.25, -0.2) is 4.68 Å². The Labute approximate surface area is 142 Å². The lowest BCUT2D eigenvalue weighted by Gasteiger charge is -2.32. The predicted molar refractivity (Wildman–Crippen MR) is 90.3 cm³/mol. The molecule has 1 saturated carbocycles. The Kier molecular flexibility index (Phi) is 4.58.